The molecule has 0 saturated heterocycles. The molecule has 19 heteroatoms. The van der Waals surface area contributed by atoms with Crippen molar-refractivity contribution < 1.29 is 157 Å². The molecule has 0 radical (unpaired) electrons. The Balaban J connectivity index is -0.0000000206. The molecule has 104 valence electrons. The first-order valence-electron chi connectivity index (χ1n) is 2.23. The summed E-state index contributed by atoms with van der Waals surface area (Å²) in [5.41, 5.74) is 0. The minimum atomic E-state index is -5.14. The molecule has 0 fully saturated rings. The van der Waals surface area contributed by atoms with Crippen molar-refractivity contribution in [2.75, 3.05) is 0 Å². The van der Waals surface area contributed by atoms with Crippen LogP contribution in [0.4, 0.5) is 0 Å². The molecule has 0 amide bonds. The van der Waals surface area contributed by atoms with E-state index in [0.717, 1.165) is 0 Å². The molecule has 6 N–H and O–H groups in total. The van der Waals surface area contributed by atoms with Gasteiger partial charge >= 0.3 is 107 Å². The van der Waals surface area contributed by atoms with E-state index in [1.165, 1.54) is 0 Å². The van der Waals surface area contributed by atoms with Crippen LogP contribution in [-0.2, 0) is 19.5 Å². The second-order valence-electron chi connectivity index (χ2n) is 1.43. The summed E-state index contributed by atoms with van der Waals surface area (Å²) in [6.45, 7) is 0. The molecule has 0 aromatic rings. The van der Waals surface area contributed by atoms with Gasteiger partial charge in [0.15, 0.2) is 0 Å². The molecular weight excluding hydrogens is 390 g/mol. The molecule has 0 aliphatic carbocycles. The average molecular weight is 396 g/mol. The van der Waals surface area contributed by atoms with E-state index in [1.54, 1.807) is 0 Å². The summed E-state index contributed by atoms with van der Waals surface area (Å²) >= 11 is 0. The molecule has 0 heterocycles. The Hall–Kier alpha value is 3.38. The van der Waals surface area contributed by atoms with E-state index in [2.05, 4.69) is 0 Å². The van der Waals surface area contributed by atoms with Crippen LogP contribution in [-0.4, -0.2) is 37.1 Å². The molecule has 19 heavy (non-hydrogen) atoms. The second-order valence-corrected chi connectivity index (χ2v) is 4.29. The fourth-order valence-corrected chi connectivity index (χ4v) is 0. The average Bonchev–Trinajstić information content (AvgIpc) is 1.41. The van der Waals surface area contributed by atoms with E-state index in [4.69, 9.17) is 56.0 Å². The van der Waals surface area contributed by atoms with Crippen molar-refractivity contribution in [3.63, 3.8) is 0 Å². The van der Waals surface area contributed by atoms with Gasteiger partial charge in [-0.25, -0.2) is 4.57 Å². The molecule has 0 aliphatic rings. The normalized spacial score (nSPS) is 9.26. The van der Waals surface area contributed by atoms with E-state index >= 15 is 0 Å². The Morgan fingerprint density at radius 3 is 0.789 bits per heavy atom. The third kappa shape index (κ3) is 703. The van der Waals surface area contributed by atoms with E-state index < -0.39 is 26.0 Å². The van der Waals surface area contributed by atoms with Crippen molar-refractivity contribution in [3.05, 3.63) is 0 Å². The van der Waals surface area contributed by atoms with Crippen molar-refractivity contribution >= 4 is 26.0 Å². The topological polar surface area (TPSA) is 236 Å². The van der Waals surface area contributed by atoms with E-state index in [9.17, 15) is 0 Å². The summed E-state index contributed by atoms with van der Waals surface area (Å²) in [6.07, 6.45) is 0. The van der Waals surface area contributed by atoms with Crippen molar-refractivity contribution in [3.8, 4) is 0 Å². The van der Waals surface area contributed by atoms with Crippen LogP contribution in [0.5, 0.6) is 0 Å². The zero-order valence-corrected chi connectivity index (χ0v) is 19.2. The zero-order chi connectivity index (χ0) is 13.5. The van der Waals surface area contributed by atoms with E-state index in [-0.39, 0.29) is 101 Å². The molecule has 0 aromatic heterocycles. The molecule has 0 bridgehead atoms. The molecule has 0 spiro atoms. The molecule has 0 rings (SSSR count). The van der Waals surface area contributed by atoms with Crippen LogP contribution in [0.3, 0.4) is 0 Å². The van der Waals surface area contributed by atoms with Crippen molar-refractivity contribution in [1.82, 2.24) is 0 Å². The van der Waals surface area contributed by atoms with Crippen LogP contribution in [0.2, 0.25) is 0 Å². The molecule has 0 aromatic carbocycles. The first-order chi connectivity index (χ1) is 6.00. The van der Waals surface area contributed by atoms with Gasteiger partial charge in [0.1, 0.15) is 0 Å². The zero-order valence-electron chi connectivity index (χ0n) is 9.81. The van der Waals surface area contributed by atoms with Crippen LogP contribution in [0.15, 0.2) is 0 Å². The smallest absolute Gasteiger partial charge is 1.00 e. The van der Waals surface area contributed by atoms with E-state index in [0.29, 0.717) is 0 Å². The van der Waals surface area contributed by atoms with E-state index in [1.807, 2.05) is 0 Å². The minimum Gasteiger partial charge on any atom is -1.00 e. The van der Waals surface area contributed by atoms with Gasteiger partial charge in [0.2, 0.25) is 0 Å². The number of hydrogen-bond donors (Lipinski definition) is 6. The fourth-order valence-electron chi connectivity index (χ4n) is 0. The third-order valence-electron chi connectivity index (χ3n) is 0. The predicted octanol–water partition coefficient (Wildman–Crippen LogP) is -15.8. The van der Waals surface area contributed by atoms with Crippen LogP contribution >= 0.6 is 15.6 Å². The van der Waals surface area contributed by atoms with Gasteiger partial charge in [-0.1, -0.05) is 0 Å². The number of phosphoric acid groups is 2. The summed E-state index contributed by atoms with van der Waals surface area (Å²) in [5, 5.41) is 0. The van der Waals surface area contributed by atoms with Crippen molar-refractivity contribution in [2.24, 2.45) is 0 Å². The molecule has 0 unspecified atom stereocenters. The van der Waals surface area contributed by atoms with Crippen molar-refractivity contribution in [2.45, 2.75) is 0 Å². The molecular formula is H6ClNa3O12P2S. The van der Waals surface area contributed by atoms with Gasteiger partial charge in [0, 0.05) is 0 Å². The predicted molar refractivity (Wildman–Crippen MR) is 38.3 cm³/mol. The molecule has 0 saturated carbocycles. The molecule has 12 nitrogen and oxygen atoms in total. The van der Waals surface area contributed by atoms with Crippen molar-refractivity contribution in [1.29, 1.82) is 0 Å². The summed E-state index contributed by atoms with van der Waals surface area (Å²) < 4.78 is 49.1. The first-order valence-corrected chi connectivity index (χ1v) is 6.69. The largest absolute Gasteiger partial charge is 1.00 e. The van der Waals surface area contributed by atoms with Gasteiger partial charge < -0.3 is 46.3 Å². The van der Waals surface area contributed by atoms with Gasteiger partial charge in [0.05, 0.1) is 7.82 Å². The Morgan fingerprint density at radius 2 is 0.789 bits per heavy atom. The maximum atomic E-state index is 8.88. The summed E-state index contributed by atoms with van der Waals surface area (Å²) in [5.74, 6) is 0. The van der Waals surface area contributed by atoms with Crippen LogP contribution < -0.4 is 111 Å². The summed E-state index contributed by atoms with van der Waals surface area (Å²) in [6, 6.07) is 0. The van der Waals surface area contributed by atoms with Gasteiger partial charge in [-0.3, -0.25) is 9.11 Å². The Bertz CT molecular complexity index is 295. The number of hydrogen-bond acceptors (Lipinski definition) is 6. The monoisotopic (exact) mass is 396 g/mol. The number of halogens is 1. The Morgan fingerprint density at radius 1 is 0.789 bits per heavy atom. The maximum Gasteiger partial charge on any atom is 1.00 e. The van der Waals surface area contributed by atoms with Gasteiger partial charge in [-0.15, -0.1) is 0 Å². The standard InChI is InChI=1S/ClH.3Na.2H3O4P.H2O4S/c;;;;3*1-5(2,3)4/h1H;;;;2*(H3,1,2,3,4);(H2,1,2,3,4)/q;3*+1;;;/p-3. The van der Waals surface area contributed by atoms with Crippen LogP contribution in [0.25, 0.3) is 0 Å². The quantitative estimate of drug-likeness (QED) is 0.127. The Labute approximate surface area is 180 Å². The second kappa shape index (κ2) is 19.4. The fraction of sp³-hybridized carbons (Fsp3) is 0. The van der Waals surface area contributed by atoms with Gasteiger partial charge in [-0.05, 0) is 0 Å². The summed E-state index contributed by atoms with van der Waals surface area (Å²) in [4.78, 5) is 45.8. The first kappa shape index (κ1) is 43.2. The molecule has 0 aliphatic heterocycles. The minimum absolute atomic E-state index is 0. The maximum absolute atomic E-state index is 8.88. The van der Waals surface area contributed by atoms with Gasteiger partial charge in [-0.2, -0.15) is 8.42 Å². The SMILES string of the molecule is O=P(O)(O)O.O=P([O-])([O-])O.O=S(=O)(O)O.[Cl-].[Na+].[Na+].[Na+]. The van der Waals surface area contributed by atoms with Crippen LogP contribution in [0.1, 0.15) is 0 Å². The number of rotatable bonds is 0. The Kier molecular flexibility index (Phi) is 44.2. The van der Waals surface area contributed by atoms with Gasteiger partial charge in [0.25, 0.3) is 0 Å². The summed E-state index contributed by atoms with van der Waals surface area (Å²) in [7, 11) is -14.4. The third-order valence-corrected chi connectivity index (χ3v) is 0. The van der Waals surface area contributed by atoms with Crippen LogP contribution in [0, 0.1) is 0 Å². The molecule has 0 atom stereocenters.